The maximum absolute atomic E-state index is 6.44. The summed E-state index contributed by atoms with van der Waals surface area (Å²) < 4.78 is 0. The summed E-state index contributed by atoms with van der Waals surface area (Å²) in [6.45, 7) is 4.55. The zero-order valence-corrected chi connectivity index (χ0v) is 9.31. The van der Waals surface area contributed by atoms with Gasteiger partial charge in [0.2, 0.25) is 0 Å². The van der Waals surface area contributed by atoms with E-state index in [4.69, 9.17) is 7.85 Å². The van der Waals surface area contributed by atoms with Gasteiger partial charge < -0.3 is 0 Å². The molecule has 0 nitrogen and oxygen atoms in total. The highest BCUT2D eigenvalue weighted by molar-refractivity contribution is 6.15. The van der Waals surface area contributed by atoms with E-state index in [-0.39, 0.29) is 5.31 Å². The summed E-state index contributed by atoms with van der Waals surface area (Å²) in [4.78, 5) is 0. The highest BCUT2D eigenvalue weighted by Crippen LogP contribution is 2.43. The molecule has 0 aromatic heterocycles. The predicted molar refractivity (Wildman–Crippen MR) is 60.2 cm³/mol. The Balaban J connectivity index is 2.49. The van der Waals surface area contributed by atoms with E-state index >= 15 is 0 Å². The lowest BCUT2D eigenvalue weighted by molar-refractivity contribution is 0.347. The minimum atomic E-state index is 0.143. The minimum Gasteiger partial charge on any atom is -0.0638 e. The second kappa shape index (κ2) is 5.07. The Labute approximate surface area is 84.9 Å². The van der Waals surface area contributed by atoms with E-state index in [2.05, 4.69) is 13.8 Å². The van der Waals surface area contributed by atoms with Gasteiger partial charge in [-0.15, -0.1) is 0 Å². The molecular weight excluding hydrogens is 155 g/mol. The molecule has 2 radical (unpaired) electrons. The van der Waals surface area contributed by atoms with Gasteiger partial charge in [0, 0.05) is 0 Å². The van der Waals surface area contributed by atoms with Gasteiger partial charge in [0.15, 0.2) is 0 Å². The van der Waals surface area contributed by atoms with Gasteiger partial charge in [-0.1, -0.05) is 70.5 Å². The topological polar surface area (TPSA) is 0 Å². The molecule has 1 rings (SSSR count). The molecule has 0 spiro atoms. The Morgan fingerprint density at radius 3 is 1.62 bits per heavy atom. The molecule has 13 heavy (non-hydrogen) atoms. The van der Waals surface area contributed by atoms with Gasteiger partial charge in [0.05, 0.1) is 7.85 Å². The van der Waals surface area contributed by atoms with Gasteiger partial charge in [-0.05, 0) is 5.92 Å². The molecule has 1 saturated carbocycles. The first kappa shape index (κ1) is 11.1. The monoisotopic (exact) mass is 178 g/mol. The van der Waals surface area contributed by atoms with E-state index in [1.807, 2.05) is 0 Å². The van der Waals surface area contributed by atoms with E-state index in [0.29, 0.717) is 5.92 Å². The Kier molecular flexibility index (Phi) is 4.35. The lowest BCUT2D eigenvalue weighted by atomic mass is 9.57. The first-order chi connectivity index (χ1) is 6.15. The van der Waals surface area contributed by atoms with Crippen molar-refractivity contribution in [1.82, 2.24) is 0 Å². The maximum Gasteiger partial charge on any atom is 0.0749 e. The lowest BCUT2D eigenvalue weighted by Gasteiger charge is -2.34. The molecule has 0 heterocycles. The van der Waals surface area contributed by atoms with Crippen molar-refractivity contribution in [2.75, 3.05) is 0 Å². The zero-order chi connectivity index (χ0) is 9.73. The molecule has 0 N–H and O–H groups in total. The fourth-order valence-electron chi connectivity index (χ4n) is 2.32. The highest BCUT2D eigenvalue weighted by atomic mass is 14.3. The van der Waals surface area contributed by atoms with Crippen LogP contribution in [0.4, 0.5) is 0 Å². The average molecular weight is 178 g/mol. The Morgan fingerprint density at radius 1 is 0.846 bits per heavy atom. The number of hydrogen-bond acceptors (Lipinski definition) is 0. The molecule has 1 aliphatic carbocycles. The van der Waals surface area contributed by atoms with Crippen molar-refractivity contribution in [3.8, 4) is 0 Å². The van der Waals surface area contributed by atoms with Gasteiger partial charge in [-0.2, -0.15) is 0 Å². The Hall–Kier alpha value is 0.0649. The molecule has 0 unspecified atom stereocenters. The summed E-state index contributed by atoms with van der Waals surface area (Å²) in [5.41, 5.74) is 0. The molecule has 0 saturated heterocycles. The molecule has 1 aliphatic rings. The van der Waals surface area contributed by atoms with Gasteiger partial charge in [-0.25, -0.2) is 0 Å². The molecule has 0 aliphatic heterocycles. The van der Waals surface area contributed by atoms with Gasteiger partial charge in [0.1, 0.15) is 0 Å². The molecule has 0 bridgehead atoms. The fourth-order valence-corrected chi connectivity index (χ4v) is 2.32. The first-order valence-corrected chi connectivity index (χ1v) is 5.94. The highest BCUT2D eigenvalue weighted by Gasteiger charge is 2.26. The molecule has 0 amide bonds. The third kappa shape index (κ3) is 3.36. The number of rotatable bonds is 1. The van der Waals surface area contributed by atoms with Crippen LogP contribution in [-0.4, -0.2) is 7.85 Å². The summed E-state index contributed by atoms with van der Waals surface area (Å²) in [5.74, 6) is 0.644. The molecule has 0 aromatic rings. The van der Waals surface area contributed by atoms with E-state index in [1.54, 1.807) is 0 Å². The maximum atomic E-state index is 6.44. The van der Waals surface area contributed by atoms with E-state index in [9.17, 15) is 0 Å². The summed E-state index contributed by atoms with van der Waals surface area (Å²) in [6, 6.07) is 0. The van der Waals surface area contributed by atoms with Crippen molar-refractivity contribution in [3.05, 3.63) is 0 Å². The normalized spacial score (nSPS) is 24.8. The number of hydrogen-bond donors (Lipinski definition) is 0. The van der Waals surface area contributed by atoms with Crippen LogP contribution in [0.15, 0.2) is 0 Å². The van der Waals surface area contributed by atoms with Crippen LogP contribution < -0.4 is 0 Å². The minimum absolute atomic E-state index is 0.143. The molecule has 0 atom stereocenters. The second-order valence-electron chi connectivity index (χ2n) is 5.01. The van der Waals surface area contributed by atoms with Gasteiger partial charge in [0.25, 0.3) is 0 Å². The summed E-state index contributed by atoms with van der Waals surface area (Å²) in [6.07, 6.45) is 10.8. The second-order valence-corrected chi connectivity index (χ2v) is 5.01. The molecule has 0 aromatic carbocycles. The summed E-state index contributed by atoms with van der Waals surface area (Å²) in [5, 5.41) is 0.143. The smallest absolute Gasteiger partial charge is 0.0638 e. The zero-order valence-electron chi connectivity index (χ0n) is 9.31. The van der Waals surface area contributed by atoms with Crippen LogP contribution in [0.2, 0.25) is 5.31 Å². The van der Waals surface area contributed by atoms with E-state index in [0.717, 1.165) is 0 Å². The fraction of sp³-hybridized carbons (Fsp3) is 1.00. The summed E-state index contributed by atoms with van der Waals surface area (Å²) >= 11 is 0. The molecule has 1 fully saturated rings. The SMILES string of the molecule is [B]C1(C(C)C)CCCCCCCC1. The van der Waals surface area contributed by atoms with Crippen LogP contribution in [0.3, 0.4) is 0 Å². The van der Waals surface area contributed by atoms with E-state index < -0.39 is 0 Å². The third-order valence-electron chi connectivity index (χ3n) is 3.68. The quantitative estimate of drug-likeness (QED) is 0.530. The molecule has 74 valence electrons. The van der Waals surface area contributed by atoms with Crippen LogP contribution in [0.1, 0.15) is 65.2 Å². The van der Waals surface area contributed by atoms with Crippen molar-refractivity contribution in [2.24, 2.45) is 5.92 Å². The molecule has 1 heteroatoms. The summed E-state index contributed by atoms with van der Waals surface area (Å²) in [7, 11) is 6.44. The van der Waals surface area contributed by atoms with Crippen molar-refractivity contribution >= 4 is 7.85 Å². The van der Waals surface area contributed by atoms with Crippen LogP contribution in [-0.2, 0) is 0 Å². The Morgan fingerprint density at radius 2 is 1.23 bits per heavy atom. The van der Waals surface area contributed by atoms with Crippen molar-refractivity contribution in [3.63, 3.8) is 0 Å². The standard InChI is InChI=1S/C12H23B/c1-11(2)12(13)9-7-5-3-4-6-8-10-12/h11H,3-10H2,1-2H3. The van der Waals surface area contributed by atoms with Crippen LogP contribution in [0.25, 0.3) is 0 Å². The van der Waals surface area contributed by atoms with Crippen molar-refractivity contribution < 1.29 is 0 Å². The van der Waals surface area contributed by atoms with Gasteiger partial charge >= 0.3 is 0 Å². The van der Waals surface area contributed by atoms with Crippen LogP contribution >= 0.6 is 0 Å². The van der Waals surface area contributed by atoms with Crippen molar-refractivity contribution in [2.45, 2.75) is 70.5 Å². The third-order valence-corrected chi connectivity index (χ3v) is 3.68. The average Bonchev–Trinajstić information content (AvgIpc) is 2.18. The van der Waals surface area contributed by atoms with Crippen LogP contribution in [0.5, 0.6) is 0 Å². The largest absolute Gasteiger partial charge is 0.0749 e. The Bertz CT molecular complexity index is 130. The van der Waals surface area contributed by atoms with Gasteiger partial charge in [-0.3, -0.25) is 0 Å². The molecular formula is C12H23B. The first-order valence-electron chi connectivity index (χ1n) is 5.94. The van der Waals surface area contributed by atoms with Crippen LogP contribution in [0, 0.1) is 5.92 Å². The predicted octanol–water partition coefficient (Wildman–Crippen LogP) is 4.10. The lowest BCUT2D eigenvalue weighted by Crippen LogP contribution is -2.19. The van der Waals surface area contributed by atoms with Crippen molar-refractivity contribution in [1.29, 1.82) is 0 Å². The van der Waals surface area contributed by atoms with E-state index in [1.165, 1.54) is 51.4 Å².